The summed E-state index contributed by atoms with van der Waals surface area (Å²) in [5.41, 5.74) is 1.23. The van der Waals surface area contributed by atoms with E-state index in [4.69, 9.17) is 4.74 Å². The van der Waals surface area contributed by atoms with Gasteiger partial charge in [0.15, 0.2) is 6.10 Å². The van der Waals surface area contributed by atoms with Gasteiger partial charge in [0, 0.05) is 13.1 Å². The van der Waals surface area contributed by atoms with E-state index >= 15 is 0 Å². The lowest BCUT2D eigenvalue weighted by Gasteiger charge is -2.33. The van der Waals surface area contributed by atoms with Gasteiger partial charge < -0.3 is 15.0 Å². The topological polar surface area (TPSA) is 41.6 Å². The van der Waals surface area contributed by atoms with Crippen molar-refractivity contribution in [2.45, 2.75) is 52.6 Å². The number of halogens is 1. The number of hydrogen-bond donors (Lipinski definition) is 1. The van der Waals surface area contributed by atoms with E-state index in [1.807, 2.05) is 30.0 Å². The molecule has 1 aromatic carbocycles. The largest absolute Gasteiger partial charge is 0.481 e. The fourth-order valence-electron chi connectivity index (χ4n) is 3.16. The molecule has 142 valence electrons. The fraction of sp³-hybridized carbons (Fsp3) is 0.650. The summed E-state index contributed by atoms with van der Waals surface area (Å²) in [4.78, 5) is 14.6. The van der Waals surface area contributed by atoms with E-state index in [-0.39, 0.29) is 18.3 Å². The molecular weight excluding hydrogens is 336 g/mol. The highest BCUT2D eigenvalue weighted by Gasteiger charge is 2.26. The molecule has 1 atom stereocenters. The van der Waals surface area contributed by atoms with Gasteiger partial charge in [-0.3, -0.25) is 4.79 Å². The lowest BCUT2D eigenvalue weighted by molar-refractivity contribution is -0.139. The Morgan fingerprint density at radius 1 is 1.28 bits per heavy atom. The molecule has 1 amide bonds. The van der Waals surface area contributed by atoms with E-state index in [1.54, 1.807) is 0 Å². The Morgan fingerprint density at radius 2 is 1.96 bits per heavy atom. The van der Waals surface area contributed by atoms with Gasteiger partial charge in [-0.2, -0.15) is 0 Å². The first-order valence-corrected chi connectivity index (χ1v) is 9.27. The van der Waals surface area contributed by atoms with E-state index in [9.17, 15) is 4.79 Å². The lowest BCUT2D eigenvalue weighted by Crippen LogP contribution is -2.45. The van der Waals surface area contributed by atoms with Gasteiger partial charge in [0.05, 0.1) is 0 Å². The van der Waals surface area contributed by atoms with Gasteiger partial charge >= 0.3 is 0 Å². The molecule has 5 heteroatoms. The van der Waals surface area contributed by atoms with Crippen LogP contribution in [0, 0.1) is 5.92 Å². The third-order valence-corrected chi connectivity index (χ3v) is 4.79. The number of piperidine rings is 1. The maximum absolute atomic E-state index is 12.6. The molecule has 0 radical (unpaired) electrons. The molecule has 1 aliphatic rings. The second kappa shape index (κ2) is 10.7. The molecule has 1 aliphatic heterocycles. The molecule has 0 bridgehead atoms. The first kappa shape index (κ1) is 21.8. The summed E-state index contributed by atoms with van der Waals surface area (Å²) in [6, 6.07) is 8.06. The van der Waals surface area contributed by atoms with Crippen LogP contribution in [0.5, 0.6) is 5.75 Å². The Labute approximate surface area is 158 Å². The molecule has 0 aromatic heterocycles. The Bertz CT molecular complexity index is 528. The van der Waals surface area contributed by atoms with Crippen LogP contribution in [0.15, 0.2) is 24.3 Å². The maximum Gasteiger partial charge on any atom is 0.263 e. The SMILES string of the molecule is CCNCC1CCN(C(=O)C(C)Oc2cccc(C(C)C)c2)CC1.Cl. The minimum Gasteiger partial charge on any atom is -0.481 e. The first-order valence-electron chi connectivity index (χ1n) is 9.27. The molecular formula is C20H33ClN2O2. The van der Waals surface area contributed by atoms with Crippen molar-refractivity contribution in [3.05, 3.63) is 29.8 Å². The summed E-state index contributed by atoms with van der Waals surface area (Å²) < 4.78 is 5.91. The van der Waals surface area contributed by atoms with Crippen LogP contribution < -0.4 is 10.1 Å². The average molecular weight is 369 g/mol. The fourth-order valence-corrected chi connectivity index (χ4v) is 3.16. The third-order valence-electron chi connectivity index (χ3n) is 4.79. The molecule has 2 rings (SSSR count). The molecule has 1 heterocycles. The minimum atomic E-state index is -0.433. The van der Waals surface area contributed by atoms with Gasteiger partial charge in [0.1, 0.15) is 5.75 Å². The zero-order valence-corrected chi connectivity index (χ0v) is 16.8. The van der Waals surface area contributed by atoms with Crippen LogP contribution in [0.1, 0.15) is 52.0 Å². The van der Waals surface area contributed by atoms with E-state index in [2.05, 4.69) is 32.2 Å². The highest BCUT2D eigenvalue weighted by molar-refractivity contribution is 5.85. The monoisotopic (exact) mass is 368 g/mol. The number of carbonyl (C=O) groups is 1. The molecule has 1 unspecified atom stereocenters. The maximum atomic E-state index is 12.6. The van der Waals surface area contributed by atoms with Crippen LogP contribution in [0.2, 0.25) is 0 Å². The second-order valence-electron chi connectivity index (χ2n) is 7.06. The number of hydrogen-bond acceptors (Lipinski definition) is 3. The van der Waals surface area contributed by atoms with Gasteiger partial charge in [0.25, 0.3) is 5.91 Å². The van der Waals surface area contributed by atoms with Crippen LogP contribution in [0.4, 0.5) is 0 Å². The van der Waals surface area contributed by atoms with Crippen LogP contribution >= 0.6 is 12.4 Å². The van der Waals surface area contributed by atoms with Crippen molar-refractivity contribution >= 4 is 18.3 Å². The Kier molecular flexibility index (Phi) is 9.30. The molecule has 25 heavy (non-hydrogen) atoms. The van der Waals surface area contributed by atoms with Crippen molar-refractivity contribution < 1.29 is 9.53 Å². The molecule has 1 aromatic rings. The zero-order valence-electron chi connectivity index (χ0n) is 16.0. The lowest BCUT2D eigenvalue weighted by atomic mass is 9.96. The summed E-state index contributed by atoms with van der Waals surface area (Å²) >= 11 is 0. The third kappa shape index (κ3) is 6.52. The van der Waals surface area contributed by atoms with E-state index in [0.717, 1.165) is 44.8 Å². The van der Waals surface area contributed by atoms with Crippen LogP contribution in [-0.2, 0) is 4.79 Å². The molecule has 4 nitrogen and oxygen atoms in total. The summed E-state index contributed by atoms with van der Waals surface area (Å²) in [7, 11) is 0. The zero-order chi connectivity index (χ0) is 17.5. The van der Waals surface area contributed by atoms with Crippen molar-refractivity contribution in [1.82, 2.24) is 10.2 Å². The van der Waals surface area contributed by atoms with Crippen molar-refractivity contribution in [1.29, 1.82) is 0 Å². The summed E-state index contributed by atoms with van der Waals surface area (Å²) in [6.45, 7) is 12.1. The number of nitrogens with zero attached hydrogens (tertiary/aromatic N) is 1. The predicted octanol–water partition coefficient (Wildman–Crippen LogP) is 3.85. The first-order chi connectivity index (χ1) is 11.5. The number of benzene rings is 1. The molecule has 1 N–H and O–H groups in total. The Hall–Kier alpha value is -1.26. The number of carbonyl (C=O) groups excluding carboxylic acids is 1. The van der Waals surface area contributed by atoms with Crippen LogP contribution in [0.3, 0.4) is 0 Å². The normalized spacial score (nSPS) is 16.4. The Morgan fingerprint density at radius 3 is 2.56 bits per heavy atom. The highest BCUT2D eigenvalue weighted by Crippen LogP contribution is 2.22. The Balaban J connectivity index is 0.00000312. The standard InChI is InChI=1S/C20H32N2O2.ClH/c1-5-21-14-17-9-11-22(12-10-17)20(23)16(4)24-19-8-6-7-18(13-19)15(2)3;/h6-8,13,15-17,21H,5,9-12,14H2,1-4H3;1H. The second-order valence-corrected chi connectivity index (χ2v) is 7.06. The van der Waals surface area contributed by atoms with Gasteiger partial charge in [-0.15, -0.1) is 12.4 Å². The van der Waals surface area contributed by atoms with E-state index < -0.39 is 6.10 Å². The number of nitrogens with one attached hydrogen (secondary N) is 1. The number of amides is 1. The van der Waals surface area contributed by atoms with Crippen molar-refractivity contribution in [2.24, 2.45) is 5.92 Å². The molecule has 0 saturated carbocycles. The molecule has 1 saturated heterocycles. The van der Waals surface area contributed by atoms with Gasteiger partial charge in [0.2, 0.25) is 0 Å². The van der Waals surface area contributed by atoms with Crippen molar-refractivity contribution in [3.63, 3.8) is 0 Å². The quantitative estimate of drug-likeness (QED) is 0.794. The molecule has 0 spiro atoms. The van der Waals surface area contributed by atoms with Crippen molar-refractivity contribution in [3.8, 4) is 5.75 Å². The number of ether oxygens (including phenoxy) is 1. The van der Waals surface area contributed by atoms with Crippen LogP contribution in [0.25, 0.3) is 0 Å². The summed E-state index contributed by atoms with van der Waals surface area (Å²) in [5.74, 6) is 2.03. The van der Waals surface area contributed by atoms with Gasteiger partial charge in [-0.25, -0.2) is 0 Å². The average Bonchev–Trinajstić information content (AvgIpc) is 2.60. The minimum absolute atomic E-state index is 0. The number of likely N-dealkylation sites (tertiary alicyclic amines) is 1. The van der Waals surface area contributed by atoms with Gasteiger partial charge in [-0.1, -0.05) is 32.9 Å². The van der Waals surface area contributed by atoms with Gasteiger partial charge in [-0.05, 0) is 62.4 Å². The van der Waals surface area contributed by atoms with E-state index in [0.29, 0.717) is 11.8 Å². The van der Waals surface area contributed by atoms with Crippen molar-refractivity contribution in [2.75, 3.05) is 26.2 Å². The molecule has 1 fully saturated rings. The predicted molar refractivity (Wildman–Crippen MR) is 106 cm³/mol. The number of rotatable bonds is 7. The smallest absolute Gasteiger partial charge is 0.263 e. The van der Waals surface area contributed by atoms with E-state index in [1.165, 1.54) is 5.56 Å². The molecule has 0 aliphatic carbocycles. The summed E-state index contributed by atoms with van der Waals surface area (Å²) in [6.07, 6.45) is 1.72. The highest BCUT2D eigenvalue weighted by atomic mass is 35.5. The van der Waals surface area contributed by atoms with Crippen LogP contribution in [-0.4, -0.2) is 43.1 Å². The summed E-state index contributed by atoms with van der Waals surface area (Å²) in [5, 5.41) is 3.40.